The second-order valence-corrected chi connectivity index (χ2v) is 5.74. The molecule has 2 heteroatoms. The van der Waals surface area contributed by atoms with Gasteiger partial charge in [0, 0.05) is 5.92 Å². The van der Waals surface area contributed by atoms with E-state index in [0.29, 0.717) is 5.92 Å². The Morgan fingerprint density at radius 1 is 1.05 bits per heavy atom. The van der Waals surface area contributed by atoms with Gasteiger partial charge in [0.15, 0.2) is 0 Å². The second-order valence-electron chi connectivity index (χ2n) is 5.74. The van der Waals surface area contributed by atoms with E-state index in [4.69, 9.17) is 0 Å². The number of fused-ring (bicyclic) bond motifs is 2. The van der Waals surface area contributed by atoms with Crippen LogP contribution in [0, 0.1) is 5.82 Å². The van der Waals surface area contributed by atoms with E-state index in [9.17, 15) is 4.39 Å². The first-order valence-electron chi connectivity index (χ1n) is 7.86. The summed E-state index contributed by atoms with van der Waals surface area (Å²) in [7, 11) is 0. The topological polar surface area (TPSA) is 12.0 Å². The molecule has 110 valence electrons. The summed E-state index contributed by atoms with van der Waals surface area (Å²) >= 11 is 0. The predicted molar refractivity (Wildman–Crippen MR) is 85.3 cm³/mol. The second kappa shape index (κ2) is 6.40. The number of benzene rings is 2. The van der Waals surface area contributed by atoms with Gasteiger partial charge in [0.05, 0.1) is 0 Å². The zero-order valence-electron chi connectivity index (χ0n) is 12.5. The van der Waals surface area contributed by atoms with Crippen molar-refractivity contribution in [1.82, 2.24) is 5.32 Å². The van der Waals surface area contributed by atoms with Crippen LogP contribution in [0.1, 0.15) is 41.5 Å². The highest BCUT2D eigenvalue weighted by Crippen LogP contribution is 2.36. The standard InChI is InChI=1S/C19H22FN/c1-2-21-12-11-19-17-6-4-3-5-14(17)7-8-15-13-16(20)9-10-18(15)19/h3-6,9-10,13,19,21H,2,7-8,11-12H2,1H3. The summed E-state index contributed by atoms with van der Waals surface area (Å²) in [6.45, 7) is 4.11. The van der Waals surface area contributed by atoms with E-state index in [-0.39, 0.29) is 5.82 Å². The number of halogens is 1. The van der Waals surface area contributed by atoms with Crippen LogP contribution in [0.15, 0.2) is 42.5 Å². The lowest BCUT2D eigenvalue weighted by Crippen LogP contribution is -2.18. The third-order valence-corrected chi connectivity index (χ3v) is 4.43. The molecule has 0 fully saturated rings. The van der Waals surface area contributed by atoms with Gasteiger partial charge in [-0.25, -0.2) is 4.39 Å². The molecule has 0 radical (unpaired) electrons. The smallest absolute Gasteiger partial charge is 0.123 e. The lowest BCUT2D eigenvalue weighted by molar-refractivity contribution is 0.613. The molecular weight excluding hydrogens is 261 g/mol. The Labute approximate surface area is 126 Å². The van der Waals surface area contributed by atoms with Crippen molar-refractivity contribution in [2.24, 2.45) is 0 Å². The summed E-state index contributed by atoms with van der Waals surface area (Å²) < 4.78 is 13.6. The van der Waals surface area contributed by atoms with Gasteiger partial charge < -0.3 is 5.32 Å². The molecule has 1 unspecified atom stereocenters. The lowest BCUT2D eigenvalue weighted by atomic mass is 9.85. The van der Waals surface area contributed by atoms with Crippen molar-refractivity contribution in [3.63, 3.8) is 0 Å². The molecule has 2 aromatic rings. The third-order valence-electron chi connectivity index (χ3n) is 4.43. The van der Waals surface area contributed by atoms with Gasteiger partial charge in [-0.15, -0.1) is 0 Å². The van der Waals surface area contributed by atoms with Crippen LogP contribution in [0.5, 0.6) is 0 Å². The Kier molecular flexibility index (Phi) is 4.35. The number of nitrogens with one attached hydrogen (secondary N) is 1. The quantitative estimate of drug-likeness (QED) is 0.835. The molecule has 0 aliphatic heterocycles. The van der Waals surface area contributed by atoms with Crippen molar-refractivity contribution < 1.29 is 4.39 Å². The summed E-state index contributed by atoms with van der Waals surface area (Å²) in [5.41, 5.74) is 5.31. The van der Waals surface area contributed by atoms with Crippen LogP contribution in [0.2, 0.25) is 0 Å². The van der Waals surface area contributed by atoms with Gasteiger partial charge in [0.2, 0.25) is 0 Å². The average molecular weight is 283 g/mol. The summed E-state index contributed by atoms with van der Waals surface area (Å²) in [5.74, 6) is 0.253. The van der Waals surface area contributed by atoms with Gasteiger partial charge in [-0.05, 0) is 66.7 Å². The zero-order chi connectivity index (χ0) is 14.7. The Balaban J connectivity index is 2.02. The summed E-state index contributed by atoms with van der Waals surface area (Å²) in [6.07, 6.45) is 3.00. The van der Waals surface area contributed by atoms with Gasteiger partial charge in [0.1, 0.15) is 5.82 Å². The Hall–Kier alpha value is -1.67. The maximum Gasteiger partial charge on any atom is 0.123 e. The minimum absolute atomic E-state index is 0.120. The summed E-state index contributed by atoms with van der Waals surface area (Å²) in [4.78, 5) is 0. The van der Waals surface area contributed by atoms with Crippen LogP contribution >= 0.6 is 0 Å². The molecule has 3 rings (SSSR count). The first-order chi connectivity index (χ1) is 10.3. The zero-order valence-corrected chi connectivity index (χ0v) is 12.5. The highest BCUT2D eigenvalue weighted by molar-refractivity contribution is 5.45. The molecule has 0 saturated heterocycles. The van der Waals surface area contributed by atoms with E-state index in [1.165, 1.54) is 22.3 Å². The molecular formula is C19H22FN. The maximum absolute atomic E-state index is 13.6. The Morgan fingerprint density at radius 2 is 1.81 bits per heavy atom. The first-order valence-corrected chi connectivity index (χ1v) is 7.86. The SMILES string of the molecule is CCNCCC1c2ccccc2CCc2cc(F)ccc21. The summed E-state index contributed by atoms with van der Waals surface area (Å²) in [5, 5.41) is 3.41. The molecule has 0 heterocycles. The molecule has 0 spiro atoms. The van der Waals surface area contributed by atoms with Crippen molar-refractivity contribution in [2.75, 3.05) is 13.1 Å². The van der Waals surface area contributed by atoms with E-state index in [0.717, 1.165) is 32.4 Å². The van der Waals surface area contributed by atoms with Crippen molar-refractivity contribution in [1.29, 1.82) is 0 Å². The molecule has 2 aromatic carbocycles. The van der Waals surface area contributed by atoms with E-state index < -0.39 is 0 Å². The minimum atomic E-state index is -0.120. The molecule has 1 aliphatic carbocycles. The van der Waals surface area contributed by atoms with Crippen molar-refractivity contribution >= 4 is 0 Å². The minimum Gasteiger partial charge on any atom is -0.317 e. The fraction of sp³-hybridized carbons (Fsp3) is 0.368. The molecule has 0 bridgehead atoms. The van der Waals surface area contributed by atoms with E-state index >= 15 is 0 Å². The van der Waals surface area contributed by atoms with Crippen LogP contribution < -0.4 is 5.32 Å². The highest BCUT2D eigenvalue weighted by Gasteiger charge is 2.23. The van der Waals surface area contributed by atoms with Gasteiger partial charge in [0.25, 0.3) is 0 Å². The normalized spacial score (nSPS) is 17.0. The van der Waals surface area contributed by atoms with Crippen LogP contribution in [0.4, 0.5) is 4.39 Å². The van der Waals surface area contributed by atoms with Crippen LogP contribution in [-0.2, 0) is 12.8 Å². The van der Waals surface area contributed by atoms with Gasteiger partial charge in [-0.2, -0.15) is 0 Å². The average Bonchev–Trinajstić information content (AvgIpc) is 2.65. The molecule has 1 aliphatic rings. The highest BCUT2D eigenvalue weighted by atomic mass is 19.1. The predicted octanol–water partition coefficient (Wildman–Crippen LogP) is 4.06. The Morgan fingerprint density at radius 3 is 2.67 bits per heavy atom. The molecule has 1 N–H and O–H groups in total. The molecule has 0 amide bonds. The van der Waals surface area contributed by atoms with Crippen molar-refractivity contribution in [3.05, 3.63) is 70.5 Å². The Bertz CT molecular complexity index is 621. The van der Waals surface area contributed by atoms with E-state index in [2.05, 4.69) is 36.5 Å². The van der Waals surface area contributed by atoms with Crippen LogP contribution in [0.25, 0.3) is 0 Å². The maximum atomic E-state index is 13.6. The van der Waals surface area contributed by atoms with Gasteiger partial charge >= 0.3 is 0 Å². The van der Waals surface area contributed by atoms with Crippen LogP contribution in [-0.4, -0.2) is 13.1 Å². The number of aryl methyl sites for hydroxylation is 2. The van der Waals surface area contributed by atoms with Crippen molar-refractivity contribution in [3.8, 4) is 0 Å². The largest absolute Gasteiger partial charge is 0.317 e. The molecule has 0 saturated carbocycles. The van der Waals surface area contributed by atoms with Gasteiger partial charge in [-0.1, -0.05) is 37.3 Å². The first kappa shape index (κ1) is 14.3. The summed E-state index contributed by atoms with van der Waals surface area (Å²) in [6, 6.07) is 14.0. The van der Waals surface area contributed by atoms with E-state index in [1.54, 1.807) is 12.1 Å². The fourth-order valence-electron chi connectivity index (χ4n) is 3.40. The fourth-order valence-corrected chi connectivity index (χ4v) is 3.40. The van der Waals surface area contributed by atoms with Crippen molar-refractivity contribution in [2.45, 2.75) is 32.1 Å². The van der Waals surface area contributed by atoms with Crippen LogP contribution in [0.3, 0.4) is 0 Å². The number of hydrogen-bond donors (Lipinski definition) is 1. The molecule has 1 nitrogen and oxygen atoms in total. The lowest BCUT2D eigenvalue weighted by Gasteiger charge is -2.20. The monoisotopic (exact) mass is 283 g/mol. The number of rotatable bonds is 4. The third kappa shape index (κ3) is 3.01. The molecule has 0 aromatic heterocycles. The van der Waals surface area contributed by atoms with Gasteiger partial charge in [-0.3, -0.25) is 0 Å². The van der Waals surface area contributed by atoms with E-state index in [1.807, 2.05) is 6.07 Å². The molecule has 1 atom stereocenters. The molecule has 21 heavy (non-hydrogen) atoms. The number of hydrogen-bond acceptors (Lipinski definition) is 1.